The van der Waals surface area contributed by atoms with Crippen LogP contribution in [0.4, 0.5) is 5.69 Å². The predicted molar refractivity (Wildman–Crippen MR) is 139 cm³/mol. The number of anilines is 1. The maximum absolute atomic E-state index is 13.6. The van der Waals surface area contributed by atoms with E-state index in [1.807, 2.05) is 45.9 Å². The van der Waals surface area contributed by atoms with Gasteiger partial charge in [0.15, 0.2) is 0 Å². The number of methoxy groups -OCH3 is 1. The molecule has 0 aromatic heterocycles. The van der Waals surface area contributed by atoms with Gasteiger partial charge in [-0.3, -0.25) is 13.9 Å². The van der Waals surface area contributed by atoms with Crippen molar-refractivity contribution in [3.8, 4) is 5.75 Å². The normalized spacial score (nSPS) is 12.2. The second-order valence-electron chi connectivity index (χ2n) is 9.04. The van der Waals surface area contributed by atoms with Crippen molar-refractivity contribution >= 4 is 27.5 Å². The Labute approximate surface area is 209 Å². The molecular weight excluding hydrogens is 466 g/mol. The molecule has 0 fully saturated rings. The van der Waals surface area contributed by atoms with Crippen LogP contribution in [-0.2, 0) is 26.2 Å². The lowest BCUT2D eigenvalue weighted by Crippen LogP contribution is -2.52. The molecule has 0 saturated carbocycles. The van der Waals surface area contributed by atoms with E-state index >= 15 is 0 Å². The van der Waals surface area contributed by atoms with Crippen LogP contribution in [0, 0.1) is 12.8 Å². The van der Waals surface area contributed by atoms with Crippen molar-refractivity contribution in [2.75, 3.05) is 30.8 Å². The molecule has 0 radical (unpaired) electrons. The lowest BCUT2D eigenvalue weighted by Gasteiger charge is -2.33. The van der Waals surface area contributed by atoms with Gasteiger partial charge in [0.05, 0.1) is 19.1 Å². The van der Waals surface area contributed by atoms with Gasteiger partial charge >= 0.3 is 0 Å². The first-order valence-corrected chi connectivity index (χ1v) is 13.6. The first-order chi connectivity index (χ1) is 16.5. The van der Waals surface area contributed by atoms with E-state index in [0.29, 0.717) is 24.4 Å². The Morgan fingerprint density at radius 3 is 2.26 bits per heavy atom. The summed E-state index contributed by atoms with van der Waals surface area (Å²) in [6, 6.07) is 13.4. The van der Waals surface area contributed by atoms with Crippen LogP contribution in [0.5, 0.6) is 5.75 Å². The molecular formula is C26H37N3O5S. The fourth-order valence-electron chi connectivity index (χ4n) is 3.67. The van der Waals surface area contributed by atoms with E-state index in [1.165, 1.54) is 4.90 Å². The Bertz CT molecular complexity index is 1100. The fraction of sp³-hybridized carbons (Fsp3) is 0.462. The summed E-state index contributed by atoms with van der Waals surface area (Å²) in [7, 11) is -2.18. The Balaban J connectivity index is 2.41. The second kappa shape index (κ2) is 12.6. The van der Waals surface area contributed by atoms with Crippen molar-refractivity contribution in [1.82, 2.24) is 10.2 Å². The van der Waals surface area contributed by atoms with Crippen LogP contribution in [0.2, 0.25) is 0 Å². The minimum Gasteiger partial charge on any atom is -0.497 e. The number of nitrogens with zero attached hydrogens (tertiary/aromatic N) is 2. The number of hydrogen-bond donors (Lipinski definition) is 1. The van der Waals surface area contributed by atoms with Crippen molar-refractivity contribution in [2.45, 2.75) is 46.7 Å². The van der Waals surface area contributed by atoms with Crippen molar-refractivity contribution in [1.29, 1.82) is 0 Å². The third kappa shape index (κ3) is 8.28. The highest BCUT2D eigenvalue weighted by molar-refractivity contribution is 7.92. The Kier molecular flexibility index (Phi) is 10.1. The monoisotopic (exact) mass is 503 g/mol. The summed E-state index contributed by atoms with van der Waals surface area (Å²) < 4.78 is 31.6. The highest BCUT2D eigenvalue weighted by atomic mass is 32.2. The molecule has 2 rings (SSSR count). The molecule has 1 atom stereocenters. The molecule has 2 aromatic rings. The number of amides is 2. The third-order valence-electron chi connectivity index (χ3n) is 5.55. The van der Waals surface area contributed by atoms with Crippen molar-refractivity contribution in [3.05, 3.63) is 59.7 Å². The first-order valence-electron chi connectivity index (χ1n) is 11.7. The molecule has 192 valence electrons. The number of ether oxygens (including phenoxy) is 1. The summed E-state index contributed by atoms with van der Waals surface area (Å²) in [6.07, 6.45) is 1.46. The maximum atomic E-state index is 13.6. The molecule has 8 nitrogen and oxygen atoms in total. The van der Waals surface area contributed by atoms with Crippen LogP contribution in [-0.4, -0.2) is 57.6 Å². The highest BCUT2D eigenvalue weighted by Gasteiger charge is 2.31. The van der Waals surface area contributed by atoms with Gasteiger partial charge in [-0.15, -0.1) is 0 Å². The molecule has 35 heavy (non-hydrogen) atoms. The molecule has 0 heterocycles. The largest absolute Gasteiger partial charge is 0.497 e. The smallest absolute Gasteiger partial charge is 0.244 e. The molecule has 0 bridgehead atoms. The van der Waals surface area contributed by atoms with Gasteiger partial charge in [-0.1, -0.05) is 45.0 Å². The first kappa shape index (κ1) is 28.2. The second-order valence-corrected chi connectivity index (χ2v) is 10.9. The zero-order valence-electron chi connectivity index (χ0n) is 21.4. The summed E-state index contributed by atoms with van der Waals surface area (Å²) in [5.74, 6) is 0.212. The van der Waals surface area contributed by atoms with Gasteiger partial charge in [0.2, 0.25) is 21.8 Å². The zero-order valence-corrected chi connectivity index (χ0v) is 22.3. The minimum absolute atomic E-state index is 0.155. The molecule has 0 unspecified atom stereocenters. The number of rotatable bonds is 12. The standard InChI is InChI=1S/C26H37N3O5S/c1-7-24(26(31)27-16-19(2)3)28(17-21-11-13-23(34-5)14-12-21)25(30)18-29(35(6,32)33)22-10-8-9-20(4)15-22/h8-15,19,24H,7,16-18H2,1-6H3,(H,27,31)/t24-/m1/s1. The van der Waals surface area contributed by atoms with E-state index in [9.17, 15) is 18.0 Å². The molecule has 1 N–H and O–H groups in total. The van der Waals surface area contributed by atoms with E-state index in [2.05, 4.69) is 5.32 Å². The Morgan fingerprint density at radius 1 is 1.09 bits per heavy atom. The summed E-state index contributed by atoms with van der Waals surface area (Å²) in [6.45, 7) is 7.91. The Hall–Kier alpha value is -3.07. The summed E-state index contributed by atoms with van der Waals surface area (Å²) in [5, 5.41) is 2.91. The van der Waals surface area contributed by atoms with Gasteiger partial charge in [-0.05, 0) is 54.7 Å². The van der Waals surface area contributed by atoms with Crippen LogP contribution in [0.3, 0.4) is 0 Å². The fourth-order valence-corrected chi connectivity index (χ4v) is 4.51. The SMILES string of the molecule is CC[C@H](C(=O)NCC(C)C)N(Cc1ccc(OC)cc1)C(=O)CN(c1cccc(C)c1)S(C)(=O)=O. The number of hydrogen-bond acceptors (Lipinski definition) is 5. The van der Waals surface area contributed by atoms with Crippen molar-refractivity contribution < 1.29 is 22.7 Å². The molecule has 0 aliphatic heterocycles. The number of sulfonamides is 1. The molecule has 2 aromatic carbocycles. The van der Waals surface area contributed by atoms with Gasteiger partial charge in [-0.2, -0.15) is 0 Å². The van der Waals surface area contributed by atoms with Crippen LogP contribution >= 0.6 is 0 Å². The van der Waals surface area contributed by atoms with Gasteiger partial charge in [-0.25, -0.2) is 8.42 Å². The van der Waals surface area contributed by atoms with Gasteiger partial charge in [0.25, 0.3) is 0 Å². The molecule has 0 aliphatic rings. The molecule has 9 heteroatoms. The number of benzene rings is 2. The molecule has 0 saturated heterocycles. The third-order valence-corrected chi connectivity index (χ3v) is 6.69. The van der Waals surface area contributed by atoms with E-state index < -0.39 is 28.5 Å². The van der Waals surface area contributed by atoms with E-state index in [4.69, 9.17) is 4.74 Å². The van der Waals surface area contributed by atoms with E-state index in [-0.39, 0.29) is 18.4 Å². The van der Waals surface area contributed by atoms with Crippen molar-refractivity contribution in [2.24, 2.45) is 5.92 Å². The van der Waals surface area contributed by atoms with Crippen LogP contribution in [0.15, 0.2) is 48.5 Å². The van der Waals surface area contributed by atoms with Crippen LogP contribution in [0.1, 0.15) is 38.3 Å². The van der Waals surface area contributed by atoms with Gasteiger partial charge in [0, 0.05) is 13.1 Å². The van der Waals surface area contributed by atoms with E-state index in [0.717, 1.165) is 21.7 Å². The average Bonchev–Trinajstić information content (AvgIpc) is 2.80. The summed E-state index contributed by atoms with van der Waals surface area (Å²) in [5.41, 5.74) is 2.08. The zero-order chi connectivity index (χ0) is 26.2. The van der Waals surface area contributed by atoms with Crippen molar-refractivity contribution in [3.63, 3.8) is 0 Å². The minimum atomic E-state index is -3.75. The number of nitrogens with one attached hydrogen (secondary N) is 1. The molecule has 0 aliphatic carbocycles. The van der Waals surface area contributed by atoms with Crippen LogP contribution in [0.25, 0.3) is 0 Å². The molecule has 0 spiro atoms. The Morgan fingerprint density at radius 2 is 1.74 bits per heavy atom. The van der Waals surface area contributed by atoms with Gasteiger partial charge < -0.3 is 15.0 Å². The highest BCUT2D eigenvalue weighted by Crippen LogP contribution is 2.21. The number of carbonyl (C=O) groups excluding carboxylic acids is 2. The summed E-state index contributed by atoms with van der Waals surface area (Å²) >= 11 is 0. The van der Waals surface area contributed by atoms with Crippen LogP contribution < -0.4 is 14.4 Å². The topological polar surface area (TPSA) is 96.0 Å². The lowest BCUT2D eigenvalue weighted by molar-refractivity contribution is -0.140. The average molecular weight is 504 g/mol. The summed E-state index contributed by atoms with van der Waals surface area (Å²) in [4.78, 5) is 28.2. The number of carbonyl (C=O) groups is 2. The van der Waals surface area contributed by atoms with E-state index in [1.54, 1.807) is 37.4 Å². The van der Waals surface area contributed by atoms with Gasteiger partial charge in [0.1, 0.15) is 18.3 Å². The number of aryl methyl sites for hydroxylation is 1. The predicted octanol–water partition coefficient (Wildman–Crippen LogP) is 3.35. The molecule has 2 amide bonds. The quantitative estimate of drug-likeness (QED) is 0.479. The maximum Gasteiger partial charge on any atom is 0.244 e. The lowest BCUT2D eigenvalue weighted by atomic mass is 10.1.